The summed E-state index contributed by atoms with van der Waals surface area (Å²) in [4.78, 5) is 0. The van der Waals surface area contributed by atoms with Gasteiger partial charge < -0.3 is 4.74 Å². The maximum Gasteiger partial charge on any atom is 0.127 e. The largest absolute Gasteiger partial charge is 0.490 e. The third-order valence-electron chi connectivity index (χ3n) is 3.90. The van der Waals surface area contributed by atoms with Crippen molar-refractivity contribution in [1.29, 1.82) is 0 Å². The van der Waals surface area contributed by atoms with E-state index in [1.54, 1.807) is 0 Å². The molecule has 0 fully saturated rings. The van der Waals surface area contributed by atoms with E-state index in [2.05, 4.69) is 0 Å². The second-order valence-corrected chi connectivity index (χ2v) is 5.82. The molecular weight excluding hydrogens is 322 g/mol. The van der Waals surface area contributed by atoms with E-state index in [0.29, 0.717) is 5.75 Å². The molecule has 0 amide bonds. The van der Waals surface area contributed by atoms with Crippen LogP contribution in [0.2, 0.25) is 0 Å². The van der Waals surface area contributed by atoms with Crippen LogP contribution in [0.25, 0.3) is 24.3 Å². The number of ether oxygens (including phenoxy) is 1. The van der Waals surface area contributed by atoms with Crippen molar-refractivity contribution in [3.63, 3.8) is 0 Å². The molecule has 0 saturated heterocycles. The first-order valence-corrected chi connectivity index (χ1v) is 8.64. The van der Waals surface area contributed by atoms with Crippen LogP contribution in [0, 0.1) is 0 Å². The molecule has 3 rings (SSSR count). The zero-order valence-electron chi connectivity index (χ0n) is 14.5. The van der Waals surface area contributed by atoms with E-state index in [1.807, 2.05) is 103 Å². The summed E-state index contributed by atoms with van der Waals surface area (Å²) in [5, 5.41) is 0. The number of hydrogen-bond acceptors (Lipinski definition) is 1. The van der Waals surface area contributed by atoms with Crippen LogP contribution in [-0.4, -0.2) is 13.3 Å². The van der Waals surface area contributed by atoms with Crippen molar-refractivity contribution >= 4 is 24.3 Å². The molecule has 130 valence electrons. The summed E-state index contributed by atoms with van der Waals surface area (Å²) >= 11 is 0. The first-order valence-electron chi connectivity index (χ1n) is 8.64. The van der Waals surface area contributed by atoms with Crippen LogP contribution in [0.4, 0.5) is 4.39 Å². The van der Waals surface area contributed by atoms with Gasteiger partial charge in [0.25, 0.3) is 0 Å². The minimum Gasteiger partial charge on any atom is -0.490 e. The average molecular weight is 343 g/mol. The zero-order chi connectivity index (χ0) is 18.0. The zero-order valence-corrected chi connectivity index (χ0v) is 14.5. The molecule has 0 heterocycles. The summed E-state index contributed by atoms with van der Waals surface area (Å²) < 4.78 is 18.2. The fourth-order valence-corrected chi connectivity index (χ4v) is 2.57. The highest BCUT2D eigenvalue weighted by Crippen LogP contribution is 2.24. The predicted octanol–water partition coefficient (Wildman–Crippen LogP) is 6.38. The number of hydrogen-bond donors (Lipinski definition) is 0. The minimum atomic E-state index is -0.508. The molecule has 0 radical (unpaired) electrons. The van der Waals surface area contributed by atoms with Crippen LogP contribution in [-0.2, 0) is 0 Å². The van der Waals surface area contributed by atoms with E-state index in [1.165, 1.54) is 0 Å². The minimum absolute atomic E-state index is 0.0536. The number of halogens is 1. The van der Waals surface area contributed by atoms with Crippen LogP contribution in [0.5, 0.6) is 5.75 Å². The molecule has 2 heteroatoms. The Kier molecular flexibility index (Phi) is 6.38. The standard InChI is InChI=1S/C24H21FO/c25-17-18-26-24-19-22(12-11-20-7-3-1-4-8-20)14-16-23(24)15-13-21-9-5-2-6-10-21/h1-16,19H,17-18H2/b12-11+,15-13+/i25-1. The number of benzene rings is 3. The molecule has 3 aromatic rings. The maximum atomic E-state index is 12.6. The van der Waals surface area contributed by atoms with Crippen LogP contribution in [0.1, 0.15) is 22.3 Å². The Hall–Kier alpha value is -3.13. The van der Waals surface area contributed by atoms with Crippen LogP contribution >= 0.6 is 0 Å². The van der Waals surface area contributed by atoms with Gasteiger partial charge in [0, 0.05) is 5.56 Å². The predicted molar refractivity (Wildman–Crippen MR) is 109 cm³/mol. The summed E-state index contributed by atoms with van der Waals surface area (Å²) in [5.74, 6) is 0.685. The summed E-state index contributed by atoms with van der Waals surface area (Å²) in [6.45, 7) is -0.454. The third kappa shape index (κ3) is 5.18. The Bertz CT molecular complexity index is 867. The van der Waals surface area contributed by atoms with Gasteiger partial charge in [-0.05, 0) is 22.8 Å². The van der Waals surface area contributed by atoms with Crippen molar-refractivity contribution in [3.8, 4) is 5.75 Å². The van der Waals surface area contributed by atoms with Gasteiger partial charge in [0.15, 0.2) is 0 Å². The molecule has 1 nitrogen and oxygen atoms in total. The van der Waals surface area contributed by atoms with Gasteiger partial charge in [-0.3, -0.25) is 0 Å². The Balaban J connectivity index is 1.83. The van der Waals surface area contributed by atoms with E-state index in [9.17, 15) is 4.39 Å². The second-order valence-electron chi connectivity index (χ2n) is 5.82. The highest BCUT2D eigenvalue weighted by atomic mass is 18.2. The molecule has 0 atom stereocenters. The van der Waals surface area contributed by atoms with Crippen molar-refractivity contribution in [3.05, 3.63) is 101 Å². The van der Waals surface area contributed by atoms with Gasteiger partial charge in [0.2, 0.25) is 0 Å². The SMILES string of the molecule is [18F]CCOc1cc(/C=C/c2ccccc2)ccc1/C=C/c1ccccc1. The topological polar surface area (TPSA) is 9.23 Å². The summed E-state index contributed by atoms with van der Waals surface area (Å²) in [5.41, 5.74) is 4.18. The summed E-state index contributed by atoms with van der Waals surface area (Å²) in [7, 11) is 0. The second kappa shape index (κ2) is 9.38. The lowest BCUT2D eigenvalue weighted by Gasteiger charge is -2.09. The van der Waals surface area contributed by atoms with Gasteiger partial charge >= 0.3 is 0 Å². The molecule has 0 spiro atoms. The molecule has 0 saturated carbocycles. The van der Waals surface area contributed by atoms with Crippen molar-refractivity contribution in [1.82, 2.24) is 0 Å². The summed E-state index contributed by atoms with van der Waals surface area (Å²) in [6.07, 6.45) is 8.10. The van der Waals surface area contributed by atoms with Crippen molar-refractivity contribution in [2.75, 3.05) is 13.3 Å². The Morgan fingerprint density at radius 3 is 1.85 bits per heavy atom. The third-order valence-corrected chi connectivity index (χ3v) is 3.90. The van der Waals surface area contributed by atoms with Crippen molar-refractivity contribution < 1.29 is 9.13 Å². The van der Waals surface area contributed by atoms with Crippen molar-refractivity contribution in [2.45, 2.75) is 0 Å². The van der Waals surface area contributed by atoms with Gasteiger partial charge in [0.05, 0.1) is 0 Å². The maximum absolute atomic E-state index is 12.6. The smallest absolute Gasteiger partial charge is 0.127 e. The molecule has 26 heavy (non-hydrogen) atoms. The Morgan fingerprint density at radius 2 is 1.23 bits per heavy atom. The molecule has 3 aromatic carbocycles. The fourth-order valence-electron chi connectivity index (χ4n) is 2.57. The van der Waals surface area contributed by atoms with Gasteiger partial charge in [-0.1, -0.05) is 97.1 Å². The normalized spacial score (nSPS) is 11.3. The lowest BCUT2D eigenvalue weighted by atomic mass is 10.1. The number of alkyl halides is 1. The van der Waals surface area contributed by atoms with E-state index in [4.69, 9.17) is 4.74 Å². The summed E-state index contributed by atoms with van der Waals surface area (Å²) in [6, 6.07) is 26.1. The monoisotopic (exact) mass is 343 g/mol. The first kappa shape index (κ1) is 17.7. The van der Waals surface area contributed by atoms with E-state index in [0.717, 1.165) is 22.3 Å². The average Bonchev–Trinajstić information content (AvgIpc) is 2.71. The van der Waals surface area contributed by atoms with Gasteiger partial charge in [-0.25, -0.2) is 4.39 Å². The van der Waals surface area contributed by atoms with Crippen LogP contribution in [0.3, 0.4) is 0 Å². The lowest BCUT2D eigenvalue weighted by Crippen LogP contribution is -2.00. The van der Waals surface area contributed by atoms with E-state index >= 15 is 0 Å². The first-order chi connectivity index (χ1) is 12.8. The van der Waals surface area contributed by atoms with Crippen LogP contribution in [0.15, 0.2) is 78.9 Å². The fraction of sp³-hybridized carbons (Fsp3) is 0.0833. The van der Waals surface area contributed by atoms with Crippen molar-refractivity contribution in [2.24, 2.45) is 0 Å². The molecular formula is C24H21FO. The van der Waals surface area contributed by atoms with Crippen LogP contribution < -0.4 is 4.74 Å². The molecule has 0 aromatic heterocycles. The highest BCUT2D eigenvalue weighted by molar-refractivity contribution is 5.76. The van der Waals surface area contributed by atoms with E-state index in [-0.39, 0.29) is 6.61 Å². The molecule has 0 aliphatic carbocycles. The molecule has 0 aliphatic heterocycles. The Morgan fingerprint density at radius 1 is 0.654 bits per heavy atom. The molecule has 0 bridgehead atoms. The Labute approximate surface area is 154 Å². The van der Waals surface area contributed by atoms with Gasteiger partial charge in [-0.2, -0.15) is 0 Å². The molecule has 0 N–H and O–H groups in total. The van der Waals surface area contributed by atoms with E-state index < -0.39 is 6.67 Å². The van der Waals surface area contributed by atoms with Gasteiger partial charge in [-0.15, -0.1) is 0 Å². The van der Waals surface area contributed by atoms with Gasteiger partial charge in [0.1, 0.15) is 19.0 Å². The quantitative estimate of drug-likeness (QED) is 0.453. The highest BCUT2D eigenvalue weighted by Gasteiger charge is 2.02. The lowest BCUT2D eigenvalue weighted by molar-refractivity contribution is 0.273. The molecule has 0 unspecified atom stereocenters. The number of rotatable bonds is 7. The molecule has 0 aliphatic rings.